The maximum Gasteiger partial charge on any atom is 0.252 e. The lowest BCUT2D eigenvalue weighted by Crippen LogP contribution is -2.40. The molecule has 2 heterocycles. The molecule has 1 fully saturated rings. The van der Waals surface area contributed by atoms with Crippen LogP contribution in [0.1, 0.15) is 30.1 Å². The third-order valence-corrected chi connectivity index (χ3v) is 3.93. The molecule has 1 aromatic rings. The van der Waals surface area contributed by atoms with Crippen LogP contribution in [0.5, 0.6) is 0 Å². The number of rotatable bonds is 5. The standard InChI is InChI=1S/C13H20ClN5O/c1-2-19-5-3-4-10(19)8-17-13(20)9-6-11(14)12(18-15)16-7-9/h6-7,10H,2-5,8,15H2,1H3,(H,16,18)(H,17,20). The summed E-state index contributed by atoms with van der Waals surface area (Å²) in [5.74, 6) is 5.44. The SMILES string of the molecule is CCN1CCCC1CNC(=O)c1cnc(NN)c(Cl)c1. The van der Waals surface area contributed by atoms with E-state index in [2.05, 4.69) is 27.6 Å². The molecule has 0 spiro atoms. The molecule has 1 aliphatic heterocycles. The van der Waals surface area contributed by atoms with Crippen LogP contribution in [0.4, 0.5) is 5.82 Å². The van der Waals surface area contributed by atoms with Gasteiger partial charge in [-0.1, -0.05) is 18.5 Å². The lowest BCUT2D eigenvalue weighted by atomic mass is 10.2. The second-order valence-electron chi connectivity index (χ2n) is 4.83. The van der Waals surface area contributed by atoms with Crippen molar-refractivity contribution in [2.45, 2.75) is 25.8 Å². The molecule has 20 heavy (non-hydrogen) atoms. The van der Waals surface area contributed by atoms with Crippen molar-refractivity contribution < 1.29 is 4.79 Å². The summed E-state index contributed by atoms with van der Waals surface area (Å²) in [6.45, 7) is 4.93. The first-order valence-corrected chi connectivity index (χ1v) is 7.18. The molecular formula is C13H20ClN5O. The zero-order chi connectivity index (χ0) is 14.5. The van der Waals surface area contributed by atoms with Crippen LogP contribution >= 0.6 is 11.6 Å². The number of hydrogen-bond acceptors (Lipinski definition) is 5. The van der Waals surface area contributed by atoms with Gasteiger partial charge in [-0.15, -0.1) is 0 Å². The average molecular weight is 298 g/mol. The Labute approximate surface area is 123 Å². The van der Waals surface area contributed by atoms with Gasteiger partial charge in [0.1, 0.15) is 0 Å². The summed E-state index contributed by atoms with van der Waals surface area (Å²) in [5.41, 5.74) is 2.81. The molecule has 110 valence electrons. The summed E-state index contributed by atoms with van der Waals surface area (Å²) in [7, 11) is 0. The number of likely N-dealkylation sites (N-methyl/N-ethyl adjacent to an activating group) is 1. The largest absolute Gasteiger partial charge is 0.350 e. The van der Waals surface area contributed by atoms with Gasteiger partial charge in [0.15, 0.2) is 5.82 Å². The number of hydrazine groups is 1. The van der Waals surface area contributed by atoms with Crippen molar-refractivity contribution in [2.24, 2.45) is 5.84 Å². The lowest BCUT2D eigenvalue weighted by molar-refractivity contribution is 0.0941. The van der Waals surface area contributed by atoms with Gasteiger partial charge in [-0.05, 0) is 32.0 Å². The van der Waals surface area contributed by atoms with E-state index in [1.165, 1.54) is 12.6 Å². The summed E-state index contributed by atoms with van der Waals surface area (Å²) >= 11 is 5.95. The molecule has 0 radical (unpaired) electrons. The third-order valence-electron chi connectivity index (χ3n) is 3.64. The normalized spacial score (nSPS) is 19.1. The monoisotopic (exact) mass is 297 g/mol. The fourth-order valence-corrected chi connectivity index (χ4v) is 2.74. The molecule has 1 amide bonds. The number of nitrogens with zero attached hydrogens (tertiary/aromatic N) is 2. The molecule has 1 atom stereocenters. The predicted octanol–water partition coefficient (Wildman–Crippen LogP) is 1.23. The molecule has 0 aliphatic carbocycles. The molecule has 1 aliphatic rings. The fraction of sp³-hybridized carbons (Fsp3) is 0.538. The number of amides is 1. The van der Waals surface area contributed by atoms with E-state index in [1.54, 1.807) is 6.07 Å². The topological polar surface area (TPSA) is 83.3 Å². The zero-order valence-corrected chi connectivity index (χ0v) is 12.3. The minimum Gasteiger partial charge on any atom is -0.350 e. The van der Waals surface area contributed by atoms with E-state index in [4.69, 9.17) is 17.4 Å². The fourth-order valence-electron chi connectivity index (χ4n) is 2.52. The van der Waals surface area contributed by atoms with E-state index in [1.807, 2.05) is 0 Å². The second-order valence-corrected chi connectivity index (χ2v) is 5.24. The number of likely N-dealkylation sites (tertiary alicyclic amines) is 1. The van der Waals surface area contributed by atoms with Crippen molar-refractivity contribution in [3.05, 3.63) is 22.8 Å². The number of hydrogen-bond donors (Lipinski definition) is 3. The van der Waals surface area contributed by atoms with Crippen molar-refractivity contribution in [2.75, 3.05) is 25.1 Å². The maximum atomic E-state index is 12.1. The molecule has 2 rings (SSSR count). The van der Waals surface area contributed by atoms with Crippen LogP contribution in [-0.2, 0) is 0 Å². The number of anilines is 1. The Bertz CT molecular complexity index is 482. The minimum atomic E-state index is -0.161. The molecule has 7 heteroatoms. The van der Waals surface area contributed by atoms with Gasteiger partial charge in [-0.3, -0.25) is 9.69 Å². The predicted molar refractivity (Wildman–Crippen MR) is 79.7 cm³/mol. The highest BCUT2D eigenvalue weighted by Crippen LogP contribution is 2.19. The molecule has 0 saturated carbocycles. The van der Waals surface area contributed by atoms with Gasteiger partial charge in [0.2, 0.25) is 0 Å². The lowest BCUT2D eigenvalue weighted by Gasteiger charge is -2.22. The Balaban J connectivity index is 1.93. The van der Waals surface area contributed by atoms with Crippen LogP contribution in [0, 0.1) is 0 Å². The summed E-state index contributed by atoms with van der Waals surface area (Å²) in [6, 6.07) is 1.99. The highest BCUT2D eigenvalue weighted by atomic mass is 35.5. The van der Waals surface area contributed by atoms with Gasteiger partial charge in [0.25, 0.3) is 5.91 Å². The molecule has 1 unspecified atom stereocenters. The Morgan fingerprint density at radius 1 is 1.65 bits per heavy atom. The maximum absolute atomic E-state index is 12.1. The van der Waals surface area contributed by atoms with E-state index < -0.39 is 0 Å². The number of carbonyl (C=O) groups is 1. The third kappa shape index (κ3) is 3.39. The minimum absolute atomic E-state index is 0.161. The zero-order valence-electron chi connectivity index (χ0n) is 11.5. The van der Waals surface area contributed by atoms with E-state index in [-0.39, 0.29) is 5.91 Å². The average Bonchev–Trinajstić information content (AvgIpc) is 2.92. The first-order valence-electron chi connectivity index (χ1n) is 6.80. The van der Waals surface area contributed by atoms with Crippen molar-refractivity contribution in [1.29, 1.82) is 0 Å². The van der Waals surface area contributed by atoms with E-state index in [0.717, 1.165) is 19.5 Å². The number of nitrogens with two attached hydrogens (primary N) is 1. The van der Waals surface area contributed by atoms with Gasteiger partial charge >= 0.3 is 0 Å². The Morgan fingerprint density at radius 2 is 2.45 bits per heavy atom. The van der Waals surface area contributed by atoms with Crippen LogP contribution in [0.15, 0.2) is 12.3 Å². The summed E-state index contributed by atoms with van der Waals surface area (Å²) < 4.78 is 0. The Kier molecular flexibility index (Phi) is 5.17. The molecule has 6 nitrogen and oxygen atoms in total. The van der Waals surface area contributed by atoms with E-state index >= 15 is 0 Å². The van der Waals surface area contributed by atoms with Crippen molar-refractivity contribution in [3.63, 3.8) is 0 Å². The molecule has 1 saturated heterocycles. The van der Waals surface area contributed by atoms with Crippen LogP contribution in [0.3, 0.4) is 0 Å². The van der Waals surface area contributed by atoms with Crippen molar-refractivity contribution in [3.8, 4) is 0 Å². The first kappa shape index (κ1) is 15.0. The molecule has 1 aromatic heterocycles. The highest BCUT2D eigenvalue weighted by Gasteiger charge is 2.23. The van der Waals surface area contributed by atoms with Gasteiger partial charge in [-0.25, -0.2) is 10.8 Å². The van der Waals surface area contributed by atoms with E-state index in [9.17, 15) is 4.79 Å². The van der Waals surface area contributed by atoms with Crippen LogP contribution in [0.25, 0.3) is 0 Å². The number of carbonyl (C=O) groups excluding carboxylic acids is 1. The number of nitrogens with one attached hydrogen (secondary N) is 2. The first-order chi connectivity index (χ1) is 9.65. The number of halogens is 1. The molecule has 4 N–H and O–H groups in total. The Morgan fingerprint density at radius 3 is 3.10 bits per heavy atom. The van der Waals surface area contributed by atoms with Crippen LogP contribution < -0.4 is 16.6 Å². The number of pyridine rings is 1. The summed E-state index contributed by atoms with van der Waals surface area (Å²) in [6.07, 6.45) is 3.78. The number of aromatic nitrogens is 1. The van der Waals surface area contributed by atoms with E-state index in [0.29, 0.717) is 29.0 Å². The summed E-state index contributed by atoms with van der Waals surface area (Å²) in [4.78, 5) is 18.4. The van der Waals surface area contributed by atoms with Gasteiger partial charge in [0.05, 0.1) is 10.6 Å². The summed E-state index contributed by atoms with van der Waals surface area (Å²) in [5, 5.41) is 3.27. The molecular weight excluding hydrogens is 278 g/mol. The van der Waals surface area contributed by atoms with Crippen molar-refractivity contribution in [1.82, 2.24) is 15.2 Å². The molecule has 0 aromatic carbocycles. The smallest absolute Gasteiger partial charge is 0.252 e. The highest BCUT2D eigenvalue weighted by molar-refractivity contribution is 6.33. The van der Waals surface area contributed by atoms with Gasteiger partial charge in [0, 0.05) is 18.8 Å². The Hall–Kier alpha value is -1.37. The second kappa shape index (κ2) is 6.88. The quantitative estimate of drug-likeness (QED) is 0.562. The van der Waals surface area contributed by atoms with Crippen LogP contribution in [-0.4, -0.2) is 41.5 Å². The number of nitrogen functional groups attached to an aromatic ring is 1. The van der Waals surface area contributed by atoms with Gasteiger partial charge in [-0.2, -0.15) is 0 Å². The van der Waals surface area contributed by atoms with Crippen LogP contribution in [0.2, 0.25) is 5.02 Å². The molecule has 0 bridgehead atoms. The van der Waals surface area contributed by atoms with Crippen molar-refractivity contribution >= 4 is 23.3 Å². The van der Waals surface area contributed by atoms with Gasteiger partial charge < -0.3 is 10.7 Å².